The summed E-state index contributed by atoms with van der Waals surface area (Å²) in [6.07, 6.45) is 4.25. The standard InChI is InChI=1S/C18H23FN4O/c1-2-13-11-21-17(20)23-16(13)22-12-18(6-8-24-9-7-18)14-4-3-5-15(19)10-14/h3-5,10-11H,2,6-9,12H2,1H3,(H3,20,21,22,23). The van der Waals surface area contributed by atoms with Crippen LogP contribution in [0.2, 0.25) is 0 Å². The quantitative estimate of drug-likeness (QED) is 0.882. The third kappa shape index (κ3) is 3.48. The fourth-order valence-electron chi connectivity index (χ4n) is 3.23. The van der Waals surface area contributed by atoms with Crippen molar-refractivity contribution in [3.8, 4) is 0 Å². The van der Waals surface area contributed by atoms with Gasteiger partial charge in [-0.3, -0.25) is 0 Å². The maximum atomic E-state index is 13.7. The number of hydrogen-bond acceptors (Lipinski definition) is 5. The molecule has 0 spiro atoms. The molecule has 128 valence electrons. The van der Waals surface area contributed by atoms with Gasteiger partial charge in [-0.25, -0.2) is 9.37 Å². The Balaban J connectivity index is 1.87. The number of benzene rings is 1. The number of ether oxygens (including phenoxy) is 1. The Labute approximate surface area is 141 Å². The predicted octanol–water partition coefficient (Wildman–Crippen LogP) is 2.92. The summed E-state index contributed by atoms with van der Waals surface area (Å²) in [4.78, 5) is 8.37. The normalized spacial score (nSPS) is 16.8. The van der Waals surface area contributed by atoms with Gasteiger partial charge in [0, 0.05) is 36.9 Å². The fourth-order valence-corrected chi connectivity index (χ4v) is 3.23. The van der Waals surface area contributed by atoms with E-state index in [1.54, 1.807) is 18.3 Å². The van der Waals surface area contributed by atoms with Crippen molar-refractivity contribution in [2.45, 2.75) is 31.6 Å². The van der Waals surface area contributed by atoms with Gasteiger partial charge in [0.25, 0.3) is 0 Å². The van der Waals surface area contributed by atoms with E-state index in [1.165, 1.54) is 6.07 Å². The van der Waals surface area contributed by atoms with Gasteiger partial charge in [-0.05, 0) is 37.0 Å². The van der Waals surface area contributed by atoms with Crippen molar-refractivity contribution in [3.05, 3.63) is 47.4 Å². The van der Waals surface area contributed by atoms with Gasteiger partial charge in [-0.1, -0.05) is 19.1 Å². The van der Waals surface area contributed by atoms with Gasteiger partial charge in [0.05, 0.1) is 0 Å². The molecule has 0 atom stereocenters. The highest BCUT2D eigenvalue weighted by Gasteiger charge is 2.35. The van der Waals surface area contributed by atoms with E-state index in [-0.39, 0.29) is 17.2 Å². The van der Waals surface area contributed by atoms with E-state index in [1.807, 2.05) is 6.07 Å². The molecule has 5 nitrogen and oxygen atoms in total. The molecule has 0 saturated carbocycles. The first kappa shape index (κ1) is 16.6. The van der Waals surface area contributed by atoms with Gasteiger partial charge < -0.3 is 15.8 Å². The van der Waals surface area contributed by atoms with E-state index in [2.05, 4.69) is 22.2 Å². The molecule has 0 amide bonds. The number of halogens is 1. The Hall–Kier alpha value is -2.21. The van der Waals surface area contributed by atoms with Gasteiger partial charge in [-0.15, -0.1) is 0 Å². The van der Waals surface area contributed by atoms with Crippen molar-refractivity contribution < 1.29 is 9.13 Å². The molecule has 6 heteroatoms. The van der Waals surface area contributed by atoms with E-state index in [0.717, 1.165) is 36.2 Å². The number of aromatic nitrogens is 2. The van der Waals surface area contributed by atoms with E-state index >= 15 is 0 Å². The summed E-state index contributed by atoms with van der Waals surface area (Å²) in [5.74, 6) is 0.799. The van der Waals surface area contributed by atoms with Gasteiger partial charge >= 0.3 is 0 Å². The van der Waals surface area contributed by atoms with Crippen molar-refractivity contribution >= 4 is 11.8 Å². The third-order valence-electron chi connectivity index (χ3n) is 4.75. The Morgan fingerprint density at radius 3 is 2.83 bits per heavy atom. The molecule has 1 aliphatic rings. The molecule has 2 heterocycles. The maximum absolute atomic E-state index is 13.7. The fraction of sp³-hybridized carbons (Fsp3) is 0.444. The zero-order valence-electron chi connectivity index (χ0n) is 13.9. The maximum Gasteiger partial charge on any atom is 0.221 e. The van der Waals surface area contributed by atoms with E-state index in [9.17, 15) is 4.39 Å². The molecule has 3 rings (SSSR count). The molecular weight excluding hydrogens is 307 g/mol. The number of rotatable bonds is 5. The highest BCUT2D eigenvalue weighted by molar-refractivity contribution is 5.47. The summed E-state index contributed by atoms with van der Waals surface area (Å²) in [7, 11) is 0. The van der Waals surface area contributed by atoms with Crippen LogP contribution in [-0.2, 0) is 16.6 Å². The van der Waals surface area contributed by atoms with E-state index < -0.39 is 0 Å². The molecular formula is C18H23FN4O. The van der Waals surface area contributed by atoms with Crippen LogP contribution in [-0.4, -0.2) is 29.7 Å². The van der Waals surface area contributed by atoms with Gasteiger partial charge in [0.15, 0.2) is 0 Å². The summed E-state index contributed by atoms with van der Waals surface area (Å²) >= 11 is 0. The average molecular weight is 330 g/mol. The molecule has 2 aromatic rings. The van der Waals surface area contributed by atoms with Crippen LogP contribution >= 0.6 is 0 Å². The van der Waals surface area contributed by atoms with Crippen molar-refractivity contribution in [3.63, 3.8) is 0 Å². The van der Waals surface area contributed by atoms with Crippen LogP contribution in [0, 0.1) is 5.82 Å². The molecule has 0 unspecified atom stereocenters. The molecule has 1 aliphatic heterocycles. The summed E-state index contributed by atoms with van der Waals surface area (Å²) in [6.45, 7) is 4.05. The van der Waals surface area contributed by atoms with Crippen LogP contribution < -0.4 is 11.1 Å². The van der Waals surface area contributed by atoms with E-state index in [4.69, 9.17) is 10.5 Å². The summed E-state index contributed by atoms with van der Waals surface area (Å²) in [5.41, 5.74) is 7.57. The van der Waals surface area contributed by atoms with Crippen LogP contribution in [0.1, 0.15) is 30.9 Å². The van der Waals surface area contributed by atoms with Crippen LogP contribution in [0.4, 0.5) is 16.2 Å². The number of aryl methyl sites for hydroxylation is 1. The van der Waals surface area contributed by atoms with Crippen LogP contribution in [0.3, 0.4) is 0 Å². The Morgan fingerprint density at radius 1 is 1.33 bits per heavy atom. The first-order valence-corrected chi connectivity index (χ1v) is 8.32. The lowest BCUT2D eigenvalue weighted by Crippen LogP contribution is -2.40. The Morgan fingerprint density at radius 2 is 2.12 bits per heavy atom. The number of hydrogen-bond donors (Lipinski definition) is 2. The molecule has 0 bridgehead atoms. The van der Waals surface area contributed by atoms with Crippen LogP contribution in [0.15, 0.2) is 30.5 Å². The summed E-state index contributed by atoms with van der Waals surface area (Å²) in [5, 5.41) is 3.42. The molecule has 1 aromatic heterocycles. The van der Waals surface area contributed by atoms with Gasteiger partial charge in [0.2, 0.25) is 5.95 Å². The van der Waals surface area contributed by atoms with Crippen molar-refractivity contribution in [2.24, 2.45) is 0 Å². The molecule has 0 aliphatic carbocycles. The molecule has 0 radical (unpaired) electrons. The smallest absolute Gasteiger partial charge is 0.221 e. The lowest BCUT2D eigenvalue weighted by molar-refractivity contribution is 0.0542. The summed E-state index contributed by atoms with van der Waals surface area (Å²) < 4.78 is 19.3. The average Bonchev–Trinajstić information content (AvgIpc) is 2.61. The number of nitrogens with one attached hydrogen (secondary N) is 1. The van der Waals surface area contributed by atoms with Gasteiger partial charge in [0.1, 0.15) is 11.6 Å². The molecule has 24 heavy (non-hydrogen) atoms. The molecule has 1 fully saturated rings. The zero-order valence-corrected chi connectivity index (χ0v) is 13.9. The number of anilines is 2. The molecule has 1 saturated heterocycles. The molecule has 3 N–H and O–H groups in total. The Kier molecular flexibility index (Phi) is 4.94. The monoisotopic (exact) mass is 330 g/mol. The number of nitrogens with zero attached hydrogens (tertiary/aromatic N) is 2. The number of nitrogen functional groups attached to an aromatic ring is 1. The topological polar surface area (TPSA) is 73.1 Å². The highest BCUT2D eigenvalue weighted by atomic mass is 19.1. The Bertz CT molecular complexity index is 701. The third-order valence-corrected chi connectivity index (χ3v) is 4.75. The predicted molar refractivity (Wildman–Crippen MR) is 92.4 cm³/mol. The van der Waals surface area contributed by atoms with Gasteiger partial charge in [-0.2, -0.15) is 4.98 Å². The second-order valence-corrected chi connectivity index (χ2v) is 6.21. The molecule has 1 aromatic carbocycles. The minimum absolute atomic E-state index is 0.176. The van der Waals surface area contributed by atoms with Crippen molar-refractivity contribution in [1.29, 1.82) is 0 Å². The van der Waals surface area contributed by atoms with E-state index in [0.29, 0.717) is 19.8 Å². The second-order valence-electron chi connectivity index (χ2n) is 6.21. The largest absolute Gasteiger partial charge is 0.381 e. The first-order valence-electron chi connectivity index (χ1n) is 8.32. The lowest BCUT2D eigenvalue weighted by atomic mass is 9.74. The minimum Gasteiger partial charge on any atom is -0.381 e. The van der Waals surface area contributed by atoms with Crippen molar-refractivity contribution in [2.75, 3.05) is 30.8 Å². The minimum atomic E-state index is -0.209. The SMILES string of the molecule is CCc1cnc(N)nc1NCC1(c2cccc(F)c2)CCOCC1. The summed E-state index contributed by atoms with van der Waals surface area (Å²) in [6, 6.07) is 6.86. The zero-order chi connectivity index (χ0) is 17.0. The highest BCUT2D eigenvalue weighted by Crippen LogP contribution is 2.35. The first-order chi connectivity index (χ1) is 11.6. The number of nitrogens with two attached hydrogens (primary N) is 1. The van der Waals surface area contributed by atoms with Crippen LogP contribution in [0.5, 0.6) is 0 Å². The second kappa shape index (κ2) is 7.13. The van der Waals surface area contributed by atoms with Crippen molar-refractivity contribution in [1.82, 2.24) is 9.97 Å². The lowest BCUT2D eigenvalue weighted by Gasteiger charge is -2.38. The van der Waals surface area contributed by atoms with Crippen LogP contribution in [0.25, 0.3) is 0 Å².